The van der Waals surface area contributed by atoms with E-state index in [0.717, 1.165) is 71.2 Å². The van der Waals surface area contributed by atoms with Crippen LogP contribution < -0.4 is 4.74 Å². The summed E-state index contributed by atoms with van der Waals surface area (Å²) in [5.74, 6) is 0.705. The first-order valence-corrected chi connectivity index (χ1v) is 12.3. The maximum absolute atomic E-state index is 13.0. The van der Waals surface area contributed by atoms with Gasteiger partial charge < -0.3 is 14.5 Å². The summed E-state index contributed by atoms with van der Waals surface area (Å²) in [5.41, 5.74) is 8.06. The normalized spacial score (nSPS) is 17.6. The molecule has 0 fully saturated rings. The fourth-order valence-electron chi connectivity index (χ4n) is 5.46. The number of rotatable bonds is 5. The van der Waals surface area contributed by atoms with Crippen LogP contribution in [0.1, 0.15) is 64.6 Å². The number of methoxy groups -OCH3 is 1. The molecule has 3 heterocycles. The molecular formula is C26H29BrN2O3. The maximum Gasteiger partial charge on any atom is 0.340 e. The number of ether oxygens (including phenoxy) is 2. The predicted molar refractivity (Wildman–Crippen MR) is 130 cm³/mol. The Hall–Kier alpha value is -2.31. The smallest absolute Gasteiger partial charge is 0.340 e. The Morgan fingerprint density at radius 3 is 2.84 bits per heavy atom. The van der Waals surface area contributed by atoms with Crippen LogP contribution in [0.5, 0.6) is 5.75 Å². The number of esters is 1. The van der Waals surface area contributed by atoms with Gasteiger partial charge in [-0.25, -0.2) is 4.79 Å². The molecule has 32 heavy (non-hydrogen) atoms. The molecule has 0 saturated carbocycles. The van der Waals surface area contributed by atoms with Gasteiger partial charge in [0, 0.05) is 40.2 Å². The van der Waals surface area contributed by atoms with Crippen molar-refractivity contribution in [2.45, 2.75) is 52.1 Å². The summed E-state index contributed by atoms with van der Waals surface area (Å²) >= 11 is 3.85. The van der Waals surface area contributed by atoms with Gasteiger partial charge in [0.25, 0.3) is 0 Å². The van der Waals surface area contributed by atoms with E-state index in [1.807, 2.05) is 6.92 Å². The number of benzene rings is 2. The number of aromatic amines is 1. The minimum absolute atomic E-state index is 0.218. The average molecular weight is 497 g/mol. The second kappa shape index (κ2) is 8.56. The van der Waals surface area contributed by atoms with E-state index in [2.05, 4.69) is 57.0 Å². The topological polar surface area (TPSA) is 54.6 Å². The SMILES string of the molecule is CCCc1[nH]c2cc(Br)c3c(c2c1C(=O)OCC)CN1CCc2cc(OC)ccc2C1C3. The number of hydrogen-bond acceptors (Lipinski definition) is 4. The van der Waals surface area contributed by atoms with Crippen LogP contribution in [-0.2, 0) is 30.5 Å². The number of nitrogens with one attached hydrogen (secondary N) is 1. The molecule has 1 N–H and O–H groups in total. The highest BCUT2D eigenvalue weighted by Gasteiger charge is 2.35. The molecule has 1 aromatic heterocycles. The largest absolute Gasteiger partial charge is 0.497 e. The van der Waals surface area contributed by atoms with E-state index < -0.39 is 0 Å². The van der Waals surface area contributed by atoms with Crippen LogP contribution in [0.15, 0.2) is 28.7 Å². The van der Waals surface area contributed by atoms with Gasteiger partial charge in [-0.3, -0.25) is 4.90 Å². The number of aromatic nitrogens is 1. The zero-order chi connectivity index (χ0) is 22.4. The molecule has 168 valence electrons. The van der Waals surface area contributed by atoms with Gasteiger partial charge in [-0.15, -0.1) is 0 Å². The van der Waals surface area contributed by atoms with Crippen molar-refractivity contribution in [1.29, 1.82) is 0 Å². The first-order chi connectivity index (χ1) is 15.5. The molecule has 0 amide bonds. The minimum atomic E-state index is -0.218. The summed E-state index contributed by atoms with van der Waals surface area (Å²) in [6.45, 7) is 6.21. The number of hydrogen-bond donors (Lipinski definition) is 1. The molecule has 3 aromatic rings. The number of halogens is 1. The van der Waals surface area contributed by atoms with Gasteiger partial charge in [-0.1, -0.05) is 35.3 Å². The van der Waals surface area contributed by atoms with Crippen molar-refractivity contribution < 1.29 is 14.3 Å². The van der Waals surface area contributed by atoms with E-state index in [9.17, 15) is 4.79 Å². The monoisotopic (exact) mass is 496 g/mol. The first-order valence-electron chi connectivity index (χ1n) is 11.5. The second-order valence-corrected chi connectivity index (χ2v) is 9.55. The van der Waals surface area contributed by atoms with Gasteiger partial charge in [0.05, 0.1) is 19.3 Å². The number of carbonyl (C=O) groups is 1. The molecule has 2 aromatic carbocycles. The first kappa shape index (κ1) is 21.5. The molecule has 0 spiro atoms. The van der Waals surface area contributed by atoms with Gasteiger partial charge in [-0.05, 0) is 66.6 Å². The van der Waals surface area contributed by atoms with E-state index in [1.165, 1.54) is 22.3 Å². The summed E-state index contributed by atoms with van der Waals surface area (Å²) in [7, 11) is 1.72. The molecule has 2 aliphatic heterocycles. The molecular weight excluding hydrogens is 468 g/mol. The molecule has 1 unspecified atom stereocenters. The Labute approximate surface area is 197 Å². The van der Waals surface area contributed by atoms with E-state index in [4.69, 9.17) is 9.47 Å². The number of fused-ring (bicyclic) bond motifs is 6. The third-order valence-electron chi connectivity index (χ3n) is 6.89. The van der Waals surface area contributed by atoms with Crippen LogP contribution in [0.4, 0.5) is 0 Å². The molecule has 1 atom stereocenters. The Morgan fingerprint density at radius 2 is 2.09 bits per heavy atom. The summed E-state index contributed by atoms with van der Waals surface area (Å²) in [6.07, 6.45) is 3.73. The second-order valence-electron chi connectivity index (χ2n) is 8.69. The lowest BCUT2D eigenvalue weighted by molar-refractivity contribution is 0.0527. The Balaban J connectivity index is 1.65. The summed E-state index contributed by atoms with van der Waals surface area (Å²) in [6, 6.07) is 8.96. The molecule has 5 nitrogen and oxygen atoms in total. The maximum atomic E-state index is 13.0. The van der Waals surface area contributed by atoms with Crippen LogP contribution in [0, 0.1) is 0 Å². The van der Waals surface area contributed by atoms with Crippen molar-refractivity contribution in [3.63, 3.8) is 0 Å². The molecule has 0 bridgehead atoms. The Kier molecular flexibility index (Phi) is 5.76. The third kappa shape index (κ3) is 3.44. The quantitative estimate of drug-likeness (QED) is 0.458. The zero-order valence-electron chi connectivity index (χ0n) is 18.9. The van der Waals surface area contributed by atoms with Gasteiger partial charge in [0.1, 0.15) is 5.75 Å². The summed E-state index contributed by atoms with van der Waals surface area (Å²) in [4.78, 5) is 19.1. The van der Waals surface area contributed by atoms with Crippen LogP contribution in [0.25, 0.3) is 10.9 Å². The predicted octanol–water partition coefficient (Wildman–Crippen LogP) is 5.72. The fourth-order valence-corrected chi connectivity index (χ4v) is 6.09. The summed E-state index contributed by atoms with van der Waals surface area (Å²) in [5, 5.41) is 1.05. The third-order valence-corrected chi connectivity index (χ3v) is 7.60. The lowest BCUT2D eigenvalue weighted by Gasteiger charge is -2.42. The lowest BCUT2D eigenvalue weighted by Crippen LogP contribution is -2.39. The molecule has 0 radical (unpaired) electrons. The number of H-pyrrole nitrogens is 1. The van der Waals surface area contributed by atoms with Gasteiger partial charge in [0.2, 0.25) is 0 Å². The van der Waals surface area contributed by atoms with Gasteiger partial charge in [0.15, 0.2) is 0 Å². The van der Waals surface area contributed by atoms with Crippen molar-refractivity contribution in [2.75, 3.05) is 20.3 Å². The molecule has 2 aliphatic rings. The number of nitrogens with zero attached hydrogens (tertiary/aromatic N) is 1. The highest BCUT2D eigenvalue weighted by atomic mass is 79.9. The van der Waals surface area contributed by atoms with Crippen molar-refractivity contribution in [3.05, 3.63) is 62.2 Å². The Morgan fingerprint density at radius 1 is 1.25 bits per heavy atom. The zero-order valence-corrected chi connectivity index (χ0v) is 20.5. The number of aryl methyl sites for hydroxylation is 1. The van der Waals surface area contributed by atoms with Crippen LogP contribution >= 0.6 is 15.9 Å². The van der Waals surface area contributed by atoms with E-state index in [-0.39, 0.29) is 5.97 Å². The molecule has 6 heteroatoms. The Bertz CT molecular complexity index is 1200. The van der Waals surface area contributed by atoms with Crippen LogP contribution in [-0.4, -0.2) is 36.1 Å². The van der Waals surface area contributed by atoms with Crippen molar-refractivity contribution >= 4 is 32.8 Å². The standard InChI is InChI=1S/C26H29BrN2O3/c1-4-6-21-25(26(30)32-5-2)24-19-14-29-10-9-15-11-16(31-3)7-8-17(15)23(29)12-18(19)20(27)13-22(24)28-21/h7-8,11,13,23,28H,4-6,9-10,12,14H2,1-3H3. The number of carbonyl (C=O) groups excluding carboxylic acids is 1. The van der Waals surface area contributed by atoms with Gasteiger partial charge in [-0.2, -0.15) is 0 Å². The lowest BCUT2D eigenvalue weighted by atomic mass is 9.82. The van der Waals surface area contributed by atoms with E-state index in [0.29, 0.717) is 12.6 Å². The van der Waals surface area contributed by atoms with Crippen LogP contribution in [0.3, 0.4) is 0 Å². The van der Waals surface area contributed by atoms with Crippen molar-refractivity contribution in [2.24, 2.45) is 0 Å². The van der Waals surface area contributed by atoms with Crippen molar-refractivity contribution in [1.82, 2.24) is 9.88 Å². The van der Waals surface area contributed by atoms with Crippen molar-refractivity contribution in [3.8, 4) is 5.75 Å². The van der Waals surface area contributed by atoms with E-state index >= 15 is 0 Å². The highest BCUT2D eigenvalue weighted by Crippen LogP contribution is 2.44. The average Bonchev–Trinajstić information content (AvgIpc) is 3.16. The highest BCUT2D eigenvalue weighted by molar-refractivity contribution is 9.10. The fraction of sp³-hybridized carbons (Fsp3) is 0.423. The molecule has 0 aliphatic carbocycles. The minimum Gasteiger partial charge on any atom is -0.497 e. The molecule has 0 saturated heterocycles. The van der Waals surface area contributed by atoms with Crippen LogP contribution in [0.2, 0.25) is 0 Å². The van der Waals surface area contributed by atoms with E-state index in [1.54, 1.807) is 7.11 Å². The summed E-state index contributed by atoms with van der Waals surface area (Å²) < 4.78 is 12.0. The van der Waals surface area contributed by atoms with Gasteiger partial charge >= 0.3 is 5.97 Å². The molecule has 5 rings (SSSR count).